The molecule has 25 heavy (non-hydrogen) atoms. The summed E-state index contributed by atoms with van der Waals surface area (Å²) in [6.07, 6.45) is 0. The Bertz CT molecular complexity index is 896. The molecular formula is C19H22O5S. The highest BCUT2D eigenvalue weighted by Gasteiger charge is 2.22. The van der Waals surface area contributed by atoms with Gasteiger partial charge in [-0.1, -0.05) is 0 Å². The van der Waals surface area contributed by atoms with Gasteiger partial charge in [-0.2, -0.15) is 0 Å². The minimum Gasteiger partial charge on any atom is -0.496 e. The first-order valence-corrected chi connectivity index (χ1v) is 9.26. The quantitative estimate of drug-likeness (QED) is 0.613. The van der Waals surface area contributed by atoms with Gasteiger partial charge >= 0.3 is 5.97 Å². The van der Waals surface area contributed by atoms with E-state index in [9.17, 15) is 13.2 Å². The summed E-state index contributed by atoms with van der Waals surface area (Å²) in [6, 6.07) is 6.25. The summed E-state index contributed by atoms with van der Waals surface area (Å²) in [5.41, 5.74) is 2.70. The first-order valence-electron chi connectivity index (χ1n) is 7.78. The minimum absolute atomic E-state index is 0.169. The van der Waals surface area contributed by atoms with Crippen LogP contribution in [0.4, 0.5) is 0 Å². The average molecular weight is 362 g/mol. The smallest absolute Gasteiger partial charge is 0.308 e. The molecule has 0 N–H and O–H groups in total. The molecule has 0 aliphatic rings. The van der Waals surface area contributed by atoms with Gasteiger partial charge in [0.25, 0.3) is 0 Å². The molecule has 0 aliphatic heterocycles. The molecular weight excluding hydrogens is 340 g/mol. The summed E-state index contributed by atoms with van der Waals surface area (Å²) in [7, 11) is -2.14. The molecule has 6 heteroatoms. The Labute approximate surface area is 148 Å². The fourth-order valence-electron chi connectivity index (χ4n) is 2.89. The van der Waals surface area contributed by atoms with E-state index in [1.54, 1.807) is 33.1 Å². The monoisotopic (exact) mass is 362 g/mol. The molecule has 0 aliphatic carbocycles. The first-order chi connectivity index (χ1) is 11.6. The molecule has 0 atom stereocenters. The Hall–Kier alpha value is -2.34. The molecule has 5 nitrogen and oxygen atoms in total. The van der Waals surface area contributed by atoms with Crippen LogP contribution in [0.25, 0.3) is 0 Å². The normalized spacial score (nSPS) is 11.3. The van der Waals surface area contributed by atoms with Crippen LogP contribution >= 0.6 is 0 Å². The number of rotatable bonds is 4. The third-order valence-corrected chi connectivity index (χ3v) is 5.65. The maximum absolute atomic E-state index is 13.0. The topological polar surface area (TPSA) is 69.7 Å². The fourth-order valence-corrected chi connectivity index (χ4v) is 4.49. The van der Waals surface area contributed by atoms with Crippen molar-refractivity contribution >= 4 is 15.8 Å². The van der Waals surface area contributed by atoms with Crippen LogP contribution in [0.5, 0.6) is 11.5 Å². The van der Waals surface area contributed by atoms with Gasteiger partial charge in [0, 0.05) is 6.92 Å². The third-order valence-electron chi connectivity index (χ3n) is 3.94. The Morgan fingerprint density at radius 3 is 1.48 bits per heavy atom. The van der Waals surface area contributed by atoms with Crippen LogP contribution in [0, 0.1) is 27.7 Å². The number of carbonyl (C=O) groups excluding carboxylic acids is 1. The van der Waals surface area contributed by atoms with E-state index in [0.717, 1.165) is 11.1 Å². The molecule has 0 amide bonds. The standard InChI is InChI=1S/C19H22O5S/c1-11-7-16(8-12(2)18(11)23-6)25(21,22)17-9-13(3)19(14(4)10-17)24-15(5)20/h7-10H,1-6H3. The molecule has 0 saturated heterocycles. The molecule has 0 unspecified atom stereocenters. The largest absolute Gasteiger partial charge is 0.496 e. The summed E-state index contributed by atoms with van der Waals surface area (Å²) in [4.78, 5) is 11.6. The van der Waals surface area contributed by atoms with E-state index >= 15 is 0 Å². The molecule has 0 heterocycles. The van der Waals surface area contributed by atoms with Gasteiger partial charge in [-0.05, 0) is 74.2 Å². The van der Waals surface area contributed by atoms with E-state index < -0.39 is 15.8 Å². The van der Waals surface area contributed by atoms with E-state index in [4.69, 9.17) is 9.47 Å². The van der Waals surface area contributed by atoms with Crippen molar-refractivity contribution in [2.45, 2.75) is 44.4 Å². The van der Waals surface area contributed by atoms with Gasteiger partial charge in [-0.25, -0.2) is 8.42 Å². The second kappa shape index (κ2) is 6.88. The number of esters is 1. The van der Waals surface area contributed by atoms with Crippen molar-refractivity contribution in [1.82, 2.24) is 0 Å². The maximum Gasteiger partial charge on any atom is 0.308 e. The van der Waals surface area contributed by atoms with Crippen molar-refractivity contribution in [3.8, 4) is 11.5 Å². The van der Waals surface area contributed by atoms with E-state index in [0.29, 0.717) is 22.6 Å². The fraction of sp³-hybridized carbons (Fsp3) is 0.316. The Kier molecular flexibility index (Phi) is 5.23. The van der Waals surface area contributed by atoms with Crippen molar-refractivity contribution in [2.24, 2.45) is 0 Å². The number of aryl methyl sites for hydroxylation is 4. The second-order valence-corrected chi connectivity index (χ2v) is 8.02. The number of ether oxygens (including phenoxy) is 2. The van der Waals surface area contributed by atoms with Crippen LogP contribution in [-0.2, 0) is 14.6 Å². The van der Waals surface area contributed by atoms with Gasteiger partial charge in [-0.3, -0.25) is 4.79 Å². The Morgan fingerprint density at radius 2 is 1.16 bits per heavy atom. The number of carbonyl (C=O) groups is 1. The molecule has 0 aromatic heterocycles. The van der Waals surface area contributed by atoms with Gasteiger partial charge in [0.15, 0.2) is 0 Å². The van der Waals surface area contributed by atoms with Crippen LogP contribution in [-0.4, -0.2) is 21.5 Å². The Balaban J connectivity index is 2.60. The van der Waals surface area contributed by atoms with Crippen LogP contribution in [0.3, 0.4) is 0 Å². The number of methoxy groups -OCH3 is 1. The van der Waals surface area contributed by atoms with Gasteiger partial charge in [-0.15, -0.1) is 0 Å². The van der Waals surface area contributed by atoms with Crippen LogP contribution < -0.4 is 9.47 Å². The molecule has 2 rings (SSSR count). The van der Waals surface area contributed by atoms with Gasteiger partial charge in [0.1, 0.15) is 11.5 Å². The first kappa shape index (κ1) is 19.0. The van der Waals surface area contributed by atoms with Gasteiger partial charge < -0.3 is 9.47 Å². The van der Waals surface area contributed by atoms with E-state index in [-0.39, 0.29) is 9.79 Å². The maximum atomic E-state index is 13.0. The molecule has 0 radical (unpaired) electrons. The van der Waals surface area contributed by atoms with Gasteiger partial charge in [0.05, 0.1) is 16.9 Å². The van der Waals surface area contributed by atoms with E-state index in [1.807, 2.05) is 13.8 Å². The van der Waals surface area contributed by atoms with Crippen LogP contribution in [0.1, 0.15) is 29.2 Å². The SMILES string of the molecule is COc1c(C)cc(S(=O)(=O)c2cc(C)c(OC(C)=O)c(C)c2)cc1C. The predicted molar refractivity (Wildman–Crippen MR) is 95.1 cm³/mol. The van der Waals surface area contributed by atoms with Crippen molar-refractivity contribution in [3.63, 3.8) is 0 Å². The van der Waals surface area contributed by atoms with Crippen molar-refractivity contribution in [3.05, 3.63) is 46.5 Å². The molecule has 0 spiro atoms. The molecule has 134 valence electrons. The summed E-state index contributed by atoms with van der Waals surface area (Å²) >= 11 is 0. The van der Waals surface area contributed by atoms with Crippen molar-refractivity contribution in [2.75, 3.05) is 7.11 Å². The number of sulfone groups is 1. The van der Waals surface area contributed by atoms with Gasteiger partial charge in [0.2, 0.25) is 9.84 Å². The molecule has 0 fully saturated rings. The molecule has 2 aromatic carbocycles. The Morgan fingerprint density at radius 1 is 0.800 bits per heavy atom. The predicted octanol–water partition coefficient (Wildman–Crippen LogP) is 3.69. The number of hydrogen-bond acceptors (Lipinski definition) is 5. The highest BCUT2D eigenvalue weighted by atomic mass is 32.2. The summed E-state index contributed by atoms with van der Waals surface area (Å²) in [6.45, 7) is 8.37. The number of hydrogen-bond donors (Lipinski definition) is 0. The zero-order chi connectivity index (χ0) is 18.9. The molecule has 0 saturated carbocycles. The van der Waals surface area contributed by atoms with Crippen LogP contribution in [0.2, 0.25) is 0 Å². The molecule has 0 bridgehead atoms. The zero-order valence-corrected chi connectivity index (χ0v) is 16.1. The number of benzene rings is 2. The average Bonchev–Trinajstić information content (AvgIpc) is 2.50. The lowest BCUT2D eigenvalue weighted by molar-refractivity contribution is -0.131. The summed E-state index contributed by atoms with van der Waals surface area (Å²) < 4.78 is 36.5. The molecule has 2 aromatic rings. The summed E-state index contributed by atoms with van der Waals surface area (Å²) in [5, 5.41) is 0. The minimum atomic E-state index is -3.70. The van der Waals surface area contributed by atoms with Crippen molar-refractivity contribution < 1.29 is 22.7 Å². The zero-order valence-electron chi connectivity index (χ0n) is 15.3. The lowest BCUT2D eigenvalue weighted by Crippen LogP contribution is -2.08. The van der Waals surface area contributed by atoms with Crippen molar-refractivity contribution in [1.29, 1.82) is 0 Å². The second-order valence-electron chi connectivity index (χ2n) is 6.07. The lowest BCUT2D eigenvalue weighted by atomic mass is 10.1. The lowest BCUT2D eigenvalue weighted by Gasteiger charge is -2.14. The highest BCUT2D eigenvalue weighted by molar-refractivity contribution is 7.91. The van der Waals surface area contributed by atoms with E-state index in [2.05, 4.69) is 0 Å². The van der Waals surface area contributed by atoms with E-state index in [1.165, 1.54) is 19.1 Å². The highest BCUT2D eigenvalue weighted by Crippen LogP contribution is 2.33. The summed E-state index contributed by atoms with van der Waals surface area (Å²) in [5.74, 6) is 0.633. The third kappa shape index (κ3) is 3.69. The van der Waals surface area contributed by atoms with Crippen LogP contribution in [0.15, 0.2) is 34.1 Å².